The summed E-state index contributed by atoms with van der Waals surface area (Å²) in [4.78, 5) is 16.4. The molecule has 0 spiro atoms. The third-order valence-corrected chi connectivity index (χ3v) is 3.54. The van der Waals surface area contributed by atoms with Crippen LogP contribution in [0.2, 0.25) is 0 Å². The molecule has 1 aromatic carbocycles. The smallest absolute Gasteiger partial charge is 0.251 e. The van der Waals surface area contributed by atoms with E-state index >= 15 is 0 Å². The predicted octanol–water partition coefficient (Wildman–Crippen LogP) is 2.20. The minimum Gasteiger partial charge on any atom is -0.348 e. The topological polar surface area (TPSA) is 68.0 Å². The average Bonchev–Trinajstić information content (AvgIpc) is 2.85. The van der Waals surface area contributed by atoms with Crippen molar-refractivity contribution in [3.63, 3.8) is 0 Å². The molecule has 2 aromatic rings. The van der Waals surface area contributed by atoms with Crippen LogP contribution >= 0.6 is 11.3 Å². The molecule has 2 rings (SSSR count). The van der Waals surface area contributed by atoms with Crippen LogP contribution in [0.5, 0.6) is 0 Å². The number of thiazole rings is 1. The zero-order valence-corrected chi connectivity index (χ0v) is 11.8. The maximum absolute atomic E-state index is 12.0. The van der Waals surface area contributed by atoms with Crippen LogP contribution in [-0.2, 0) is 0 Å². The normalized spacial score (nSPS) is 12.2. The number of amides is 1. The van der Waals surface area contributed by atoms with E-state index in [9.17, 15) is 4.79 Å². The van der Waals surface area contributed by atoms with E-state index in [0.717, 1.165) is 16.3 Å². The van der Waals surface area contributed by atoms with Gasteiger partial charge in [0.2, 0.25) is 0 Å². The minimum absolute atomic E-state index is 0.0299. The van der Waals surface area contributed by atoms with Gasteiger partial charge in [0.1, 0.15) is 0 Å². The number of hydrogen-bond acceptors (Lipinski definition) is 4. The number of nitrogens with two attached hydrogens (primary N) is 1. The van der Waals surface area contributed by atoms with Crippen LogP contribution < -0.4 is 11.1 Å². The molecule has 0 aliphatic heterocycles. The molecule has 1 atom stereocenters. The first kappa shape index (κ1) is 13.7. The van der Waals surface area contributed by atoms with E-state index in [1.165, 1.54) is 0 Å². The molecular weight excluding hydrogens is 258 g/mol. The Morgan fingerprint density at radius 3 is 2.95 bits per heavy atom. The van der Waals surface area contributed by atoms with Gasteiger partial charge in [-0.2, -0.15) is 0 Å². The summed E-state index contributed by atoms with van der Waals surface area (Å²) in [5.41, 5.74) is 7.99. The highest BCUT2D eigenvalue weighted by Crippen LogP contribution is 2.22. The van der Waals surface area contributed by atoms with E-state index in [-0.39, 0.29) is 11.9 Å². The first-order chi connectivity index (χ1) is 9.10. The Morgan fingerprint density at radius 2 is 2.32 bits per heavy atom. The molecule has 0 bridgehead atoms. The van der Waals surface area contributed by atoms with Gasteiger partial charge in [0.25, 0.3) is 5.91 Å². The number of carbonyl (C=O) groups is 1. The molecule has 19 heavy (non-hydrogen) atoms. The van der Waals surface area contributed by atoms with E-state index in [4.69, 9.17) is 5.73 Å². The second-order valence-corrected chi connectivity index (χ2v) is 5.51. The Morgan fingerprint density at radius 1 is 1.53 bits per heavy atom. The Hall–Kier alpha value is -1.72. The molecule has 1 amide bonds. The Balaban J connectivity index is 2.22. The van der Waals surface area contributed by atoms with Crippen molar-refractivity contribution in [3.8, 4) is 11.3 Å². The highest BCUT2D eigenvalue weighted by atomic mass is 32.1. The highest BCUT2D eigenvalue weighted by Gasteiger charge is 2.10. The lowest BCUT2D eigenvalue weighted by atomic mass is 10.1. The molecular formula is C14H17N3OS. The Bertz CT molecular complexity index is 580. The van der Waals surface area contributed by atoms with Gasteiger partial charge in [-0.3, -0.25) is 4.79 Å². The van der Waals surface area contributed by atoms with E-state index < -0.39 is 0 Å². The van der Waals surface area contributed by atoms with E-state index in [1.807, 2.05) is 37.4 Å². The maximum Gasteiger partial charge on any atom is 0.251 e. The van der Waals surface area contributed by atoms with Gasteiger partial charge >= 0.3 is 0 Å². The Kier molecular flexibility index (Phi) is 4.29. The number of hydrogen-bond donors (Lipinski definition) is 2. The SMILES string of the molecule is Cc1nc(-c2cccc(C(=O)N[C@@H](C)CN)c2)cs1. The first-order valence-corrected chi connectivity index (χ1v) is 7.01. The highest BCUT2D eigenvalue weighted by molar-refractivity contribution is 7.09. The second kappa shape index (κ2) is 5.95. The van der Waals surface area contributed by atoms with Crippen molar-refractivity contribution >= 4 is 17.2 Å². The lowest BCUT2D eigenvalue weighted by Gasteiger charge is -2.11. The Labute approximate surface area is 116 Å². The van der Waals surface area contributed by atoms with Crippen molar-refractivity contribution in [1.29, 1.82) is 0 Å². The number of benzene rings is 1. The molecule has 0 radical (unpaired) electrons. The summed E-state index contributed by atoms with van der Waals surface area (Å²) in [6.07, 6.45) is 0. The number of carbonyl (C=O) groups excluding carboxylic acids is 1. The fraction of sp³-hybridized carbons (Fsp3) is 0.286. The molecule has 1 heterocycles. The van der Waals surface area contributed by atoms with E-state index in [2.05, 4.69) is 10.3 Å². The quantitative estimate of drug-likeness (QED) is 0.898. The van der Waals surface area contributed by atoms with E-state index in [0.29, 0.717) is 12.1 Å². The van der Waals surface area contributed by atoms with Gasteiger partial charge in [0, 0.05) is 29.1 Å². The van der Waals surface area contributed by atoms with Gasteiger partial charge in [0.15, 0.2) is 0 Å². The van der Waals surface area contributed by atoms with E-state index in [1.54, 1.807) is 17.4 Å². The summed E-state index contributed by atoms with van der Waals surface area (Å²) in [5, 5.41) is 5.86. The van der Waals surface area contributed by atoms with Crippen molar-refractivity contribution in [2.45, 2.75) is 19.9 Å². The van der Waals surface area contributed by atoms with Crippen molar-refractivity contribution in [3.05, 3.63) is 40.2 Å². The van der Waals surface area contributed by atoms with Crippen LogP contribution in [-0.4, -0.2) is 23.5 Å². The average molecular weight is 275 g/mol. The number of aryl methyl sites for hydroxylation is 1. The zero-order chi connectivity index (χ0) is 13.8. The number of nitrogens with one attached hydrogen (secondary N) is 1. The predicted molar refractivity (Wildman–Crippen MR) is 78.3 cm³/mol. The molecule has 0 aliphatic carbocycles. The van der Waals surface area contributed by atoms with Gasteiger partial charge < -0.3 is 11.1 Å². The summed E-state index contributed by atoms with van der Waals surface area (Å²) >= 11 is 1.60. The van der Waals surface area contributed by atoms with Crippen LogP contribution in [0.1, 0.15) is 22.3 Å². The molecule has 0 saturated heterocycles. The molecule has 5 heteroatoms. The summed E-state index contributed by atoms with van der Waals surface area (Å²) < 4.78 is 0. The van der Waals surface area contributed by atoms with Crippen molar-refractivity contribution in [1.82, 2.24) is 10.3 Å². The van der Waals surface area contributed by atoms with Crippen LogP contribution in [0.25, 0.3) is 11.3 Å². The summed E-state index contributed by atoms with van der Waals surface area (Å²) in [5.74, 6) is -0.105. The van der Waals surface area contributed by atoms with Gasteiger partial charge in [-0.1, -0.05) is 12.1 Å². The summed E-state index contributed by atoms with van der Waals surface area (Å²) in [7, 11) is 0. The molecule has 0 aliphatic rings. The molecule has 0 fully saturated rings. The van der Waals surface area contributed by atoms with Crippen LogP contribution in [0.3, 0.4) is 0 Å². The fourth-order valence-corrected chi connectivity index (χ4v) is 2.30. The molecule has 3 N–H and O–H groups in total. The number of nitrogens with zero attached hydrogens (tertiary/aromatic N) is 1. The molecule has 0 saturated carbocycles. The van der Waals surface area contributed by atoms with Crippen LogP contribution in [0, 0.1) is 6.92 Å². The second-order valence-electron chi connectivity index (χ2n) is 4.44. The summed E-state index contributed by atoms with van der Waals surface area (Å²) in [6, 6.07) is 7.44. The molecule has 0 unspecified atom stereocenters. The third-order valence-electron chi connectivity index (χ3n) is 2.77. The lowest BCUT2D eigenvalue weighted by molar-refractivity contribution is 0.0941. The number of aromatic nitrogens is 1. The third kappa shape index (κ3) is 3.39. The minimum atomic E-state index is -0.105. The van der Waals surface area contributed by atoms with Gasteiger partial charge in [-0.25, -0.2) is 4.98 Å². The monoisotopic (exact) mass is 275 g/mol. The number of rotatable bonds is 4. The maximum atomic E-state index is 12.0. The molecule has 1 aromatic heterocycles. The van der Waals surface area contributed by atoms with Gasteiger partial charge in [0.05, 0.1) is 10.7 Å². The summed E-state index contributed by atoms with van der Waals surface area (Å²) in [6.45, 7) is 4.27. The fourth-order valence-electron chi connectivity index (χ4n) is 1.68. The largest absolute Gasteiger partial charge is 0.348 e. The first-order valence-electron chi connectivity index (χ1n) is 6.13. The zero-order valence-electron chi connectivity index (χ0n) is 11.0. The standard InChI is InChI=1S/C14H17N3OS/c1-9(7-15)16-14(18)12-5-3-4-11(6-12)13-8-19-10(2)17-13/h3-6,8-9H,7,15H2,1-2H3,(H,16,18)/t9-/m0/s1. The lowest BCUT2D eigenvalue weighted by Crippen LogP contribution is -2.37. The van der Waals surface area contributed by atoms with Crippen molar-refractivity contribution in [2.75, 3.05) is 6.54 Å². The van der Waals surface area contributed by atoms with Crippen molar-refractivity contribution < 1.29 is 4.79 Å². The van der Waals surface area contributed by atoms with Crippen LogP contribution in [0.15, 0.2) is 29.6 Å². The van der Waals surface area contributed by atoms with Crippen molar-refractivity contribution in [2.24, 2.45) is 5.73 Å². The molecule has 4 nitrogen and oxygen atoms in total. The van der Waals surface area contributed by atoms with Gasteiger partial charge in [-0.05, 0) is 26.0 Å². The van der Waals surface area contributed by atoms with Gasteiger partial charge in [-0.15, -0.1) is 11.3 Å². The molecule has 100 valence electrons. The van der Waals surface area contributed by atoms with Crippen LogP contribution in [0.4, 0.5) is 0 Å².